The number of guanidine groups is 1. The van der Waals surface area contributed by atoms with Crippen LogP contribution < -0.4 is 10.6 Å². The number of rotatable bonds is 7. The first-order chi connectivity index (χ1) is 13.6. The van der Waals surface area contributed by atoms with Crippen LogP contribution in [0.15, 0.2) is 35.3 Å². The predicted molar refractivity (Wildman–Crippen MR) is 116 cm³/mol. The van der Waals surface area contributed by atoms with Gasteiger partial charge in [-0.1, -0.05) is 37.5 Å². The number of aromatic nitrogens is 1. The maximum absolute atomic E-state index is 11.9. The lowest BCUT2D eigenvalue weighted by molar-refractivity contribution is -0.127. The van der Waals surface area contributed by atoms with Crippen molar-refractivity contribution < 1.29 is 4.79 Å². The molecule has 1 aromatic heterocycles. The van der Waals surface area contributed by atoms with Crippen molar-refractivity contribution >= 4 is 22.8 Å². The minimum absolute atomic E-state index is 0.00869. The van der Waals surface area contributed by atoms with Crippen LogP contribution >= 0.6 is 0 Å². The Balaban J connectivity index is 1.53. The van der Waals surface area contributed by atoms with E-state index in [-0.39, 0.29) is 12.5 Å². The van der Waals surface area contributed by atoms with Crippen molar-refractivity contribution in [2.24, 2.45) is 10.9 Å². The quantitative estimate of drug-likeness (QED) is 0.508. The van der Waals surface area contributed by atoms with Crippen molar-refractivity contribution in [3.63, 3.8) is 0 Å². The summed E-state index contributed by atoms with van der Waals surface area (Å²) in [5.41, 5.74) is 2.36. The molecule has 0 bridgehead atoms. The summed E-state index contributed by atoms with van der Waals surface area (Å²) in [5, 5.41) is 8.08. The number of benzene rings is 1. The van der Waals surface area contributed by atoms with E-state index >= 15 is 0 Å². The number of aliphatic imine (C=N–C) groups is 1. The number of carbonyl (C=O) groups is 1. The van der Waals surface area contributed by atoms with Gasteiger partial charge in [0.2, 0.25) is 5.91 Å². The van der Waals surface area contributed by atoms with Gasteiger partial charge in [-0.25, -0.2) is 4.99 Å². The maximum atomic E-state index is 11.9. The smallest absolute Gasteiger partial charge is 0.243 e. The molecule has 1 aliphatic carbocycles. The number of aromatic amines is 1. The molecule has 28 heavy (non-hydrogen) atoms. The van der Waals surface area contributed by atoms with E-state index in [0.717, 1.165) is 25.5 Å². The fourth-order valence-electron chi connectivity index (χ4n) is 3.68. The molecule has 0 unspecified atom stereocenters. The molecule has 6 nitrogen and oxygen atoms in total. The van der Waals surface area contributed by atoms with Crippen LogP contribution in [0.1, 0.15) is 37.8 Å². The molecule has 1 aliphatic rings. The van der Waals surface area contributed by atoms with Crippen molar-refractivity contribution in [1.82, 2.24) is 20.5 Å². The monoisotopic (exact) mass is 383 g/mol. The van der Waals surface area contributed by atoms with Crippen LogP contribution in [0.25, 0.3) is 10.9 Å². The highest BCUT2D eigenvalue weighted by atomic mass is 16.2. The number of nitrogens with one attached hydrogen (secondary N) is 3. The van der Waals surface area contributed by atoms with E-state index in [1.807, 2.05) is 6.07 Å². The first-order valence-electron chi connectivity index (χ1n) is 10.4. The first kappa shape index (κ1) is 20.2. The van der Waals surface area contributed by atoms with Crippen LogP contribution in [-0.4, -0.2) is 55.5 Å². The fourth-order valence-corrected chi connectivity index (χ4v) is 3.68. The van der Waals surface area contributed by atoms with Crippen LogP contribution in [0.2, 0.25) is 0 Å². The largest absolute Gasteiger partial charge is 0.358 e. The van der Waals surface area contributed by atoms with E-state index in [1.165, 1.54) is 48.7 Å². The number of H-pyrrole nitrogens is 1. The number of para-hydroxylation sites is 1. The first-order valence-corrected chi connectivity index (χ1v) is 10.4. The van der Waals surface area contributed by atoms with Crippen LogP contribution in [-0.2, 0) is 11.2 Å². The fraction of sp³-hybridized carbons (Fsp3) is 0.545. The number of amides is 1. The lowest BCUT2D eigenvalue weighted by atomic mass is 9.89. The van der Waals surface area contributed by atoms with Gasteiger partial charge in [0.1, 0.15) is 6.54 Å². The summed E-state index contributed by atoms with van der Waals surface area (Å²) in [6.45, 7) is 1.85. The Morgan fingerprint density at radius 1 is 1.18 bits per heavy atom. The van der Waals surface area contributed by atoms with Gasteiger partial charge in [0.15, 0.2) is 5.96 Å². The number of nitrogens with zero attached hydrogens (tertiary/aromatic N) is 2. The predicted octanol–water partition coefficient (Wildman–Crippen LogP) is 2.91. The number of hydrogen-bond donors (Lipinski definition) is 3. The molecule has 1 heterocycles. The van der Waals surface area contributed by atoms with E-state index < -0.39 is 0 Å². The Morgan fingerprint density at radius 3 is 2.71 bits per heavy atom. The standard InChI is InChI=1S/C22H33N5O/c1-27(2)21(28)16-25-22(24-15-17-8-4-3-5-9-17)23-13-12-19-14-18-10-6-7-11-20(18)26-19/h6-7,10-11,14,17,26H,3-5,8-9,12-13,15-16H2,1-2H3,(H2,23,24,25). The molecular weight excluding hydrogens is 350 g/mol. The number of carbonyl (C=O) groups excluding carboxylic acids is 1. The Bertz CT molecular complexity index is 756. The molecular formula is C22H33N5O. The second kappa shape index (κ2) is 10.2. The zero-order chi connectivity index (χ0) is 19.8. The van der Waals surface area contributed by atoms with Gasteiger partial charge in [0.05, 0.1) is 0 Å². The molecule has 0 aliphatic heterocycles. The molecule has 0 radical (unpaired) electrons. The number of hydrogen-bond acceptors (Lipinski definition) is 2. The van der Waals surface area contributed by atoms with E-state index in [1.54, 1.807) is 19.0 Å². The normalized spacial score (nSPS) is 15.6. The Kier molecular flexibility index (Phi) is 7.34. The second-order valence-corrected chi connectivity index (χ2v) is 7.90. The van der Waals surface area contributed by atoms with Crippen molar-refractivity contribution in [2.75, 3.05) is 33.7 Å². The van der Waals surface area contributed by atoms with Crippen molar-refractivity contribution in [3.8, 4) is 0 Å². The molecule has 1 fully saturated rings. The minimum atomic E-state index is 0.00869. The summed E-state index contributed by atoms with van der Waals surface area (Å²) in [6, 6.07) is 10.5. The van der Waals surface area contributed by atoms with Gasteiger partial charge in [0.25, 0.3) is 0 Å². The SMILES string of the molecule is CN(C)C(=O)CN=C(NCCc1cc2ccccc2[nH]1)NCC1CCCCC1. The topological polar surface area (TPSA) is 72.5 Å². The third-order valence-electron chi connectivity index (χ3n) is 5.43. The lowest BCUT2D eigenvalue weighted by Gasteiger charge is -2.23. The number of fused-ring (bicyclic) bond motifs is 1. The summed E-state index contributed by atoms with van der Waals surface area (Å²) >= 11 is 0. The zero-order valence-corrected chi connectivity index (χ0v) is 17.1. The molecule has 3 rings (SSSR count). The minimum Gasteiger partial charge on any atom is -0.358 e. The highest BCUT2D eigenvalue weighted by Gasteiger charge is 2.14. The summed E-state index contributed by atoms with van der Waals surface area (Å²) in [7, 11) is 3.52. The molecule has 0 spiro atoms. The third kappa shape index (κ3) is 6.01. The van der Waals surface area contributed by atoms with Gasteiger partial charge in [-0.05, 0) is 36.3 Å². The second-order valence-electron chi connectivity index (χ2n) is 7.90. The van der Waals surface area contributed by atoms with E-state index in [9.17, 15) is 4.79 Å². The summed E-state index contributed by atoms with van der Waals surface area (Å²) in [5.74, 6) is 1.45. The van der Waals surface area contributed by atoms with E-state index in [4.69, 9.17) is 0 Å². The molecule has 3 N–H and O–H groups in total. The summed E-state index contributed by atoms with van der Waals surface area (Å²) < 4.78 is 0. The average Bonchev–Trinajstić information content (AvgIpc) is 3.12. The van der Waals surface area contributed by atoms with Gasteiger partial charge in [-0.2, -0.15) is 0 Å². The molecule has 1 amide bonds. The average molecular weight is 384 g/mol. The molecule has 2 aromatic rings. The summed E-state index contributed by atoms with van der Waals surface area (Å²) in [6.07, 6.45) is 7.45. The van der Waals surface area contributed by atoms with E-state index in [2.05, 4.69) is 44.9 Å². The zero-order valence-electron chi connectivity index (χ0n) is 17.1. The molecule has 0 saturated heterocycles. The Morgan fingerprint density at radius 2 is 1.96 bits per heavy atom. The highest BCUT2D eigenvalue weighted by molar-refractivity contribution is 5.84. The molecule has 0 atom stereocenters. The lowest BCUT2D eigenvalue weighted by Crippen LogP contribution is -2.41. The van der Waals surface area contributed by atoms with Crippen molar-refractivity contribution in [1.29, 1.82) is 0 Å². The van der Waals surface area contributed by atoms with Crippen LogP contribution in [0.3, 0.4) is 0 Å². The Hall–Kier alpha value is -2.50. The van der Waals surface area contributed by atoms with Crippen LogP contribution in [0.4, 0.5) is 0 Å². The van der Waals surface area contributed by atoms with Crippen LogP contribution in [0, 0.1) is 5.92 Å². The molecule has 6 heteroatoms. The van der Waals surface area contributed by atoms with Crippen LogP contribution in [0.5, 0.6) is 0 Å². The molecule has 1 saturated carbocycles. The number of likely N-dealkylation sites (N-methyl/N-ethyl adjacent to an activating group) is 1. The highest BCUT2D eigenvalue weighted by Crippen LogP contribution is 2.22. The summed E-state index contributed by atoms with van der Waals surface area (Å²) in [4.78, 5) is 21.4. The van der Waals surface area contributed by atoms with Gasteiger partial charge < -0.3 is 20.5 Å². The maximum Gasteiger partial charge on any atom is 0.243 e. The van der Waals surface area contributed by atoms with Gasteiger partial charge in [-0.15, -0.1) is 0 Å². The Labute approximate surface area is 167 Å². The van der Waals surface area contributed by atoms with Gasteiger partial charge in [0, 0.05) is 44.8 Å². The van der Waals surface area contributed by atoms with Crippen molar-refractivity contribution in [2.45, 2.75) is 38.5 Å². The van der Waals surface area contributed by atoms with E-state index in [0.29, 0.717) is 5.92 Å². The third-order valence-corrected chi connectivity index (χ3v) is 5.43. The molecule has 1 aromatic carbocycles. The van der Waals surface area contributed by atoms with Crippen molar-refractivity contribution in [3.05, 3.63) is 36.0 Å². The van der Waals surface area contributed by atoms with Gasteiger partial charge in [-0.3, -0.25) is 4.79 Å². The molecule has 152 valence electrons. The van der Waals surface area contributed by atoms with Gasteiger partial charge >= 0.3 is 0 Å².